The van der Waals surface area contributed by atoms with Gasteiger partial charge in [0.05, 0.1) is 23.6 Å². The molecule has 0 aliphatic carbocycles. The number of hydrogen-bond donors (Lipinski definition) is 0. The zero-order valence-electron chi connectivity index (χ0n) is 15.4. The molecule has 0 spiro atoms. The predicted octanol–water partition coefficient (Wildman–Crippen LogP) is 3.31. The summed E-state index contributed by atoms with van der Waals surface area (Å²) in [7, 11) is 0. The largest absolute Gasteiger partial charge is 0.292 e. The SMILES string of the molecule is O=C(c1ccc(F)cc1)[C@@H]1[C@H]2C(=O)N(c3ccc(Cl)cc3)C(=O)[C@H]2[C@H]2CCCN21. The van der Waals surface area contributed by atoms with Crippen molar-refractivity contribution in [1.82, 2.24) is 4.90 Å². The molecular weight excluding hydrogens is 395 g/mol. The minimum absolute atomic E-state index is 0.122. The average Bonchev–Trinajstić information content (AvgIpc) is 3.35. The number of ketones is 1. The summed E-state index contributed by atoms with van der Waals surface area (Å²) in [6, 6.07) is 11.1. The van der Waals surface area contributed by atoms with E-state index in [9.17, 15) is 18.8 Å². The van der Waals surface area contributed by atoms with Gasteiger partial charge in [-0.15, -0.1) is 0 Å². The number of carbonyl (C=O) groups is 3. The fourth-order valence-corrected chi connectivity index (χ4v) is 5.27. The van der Waals surface area contributed by atoms with Gasteiger partial charge >= 0.3 is 0 Å². The smallest absolute Gasteiger partial charge is 0.239 e. The summed E-state index contributed by atoms with van der Waals surface area (Å²) in [6.45, 7) is 0.677. The van der Waals surface area contributed by atoms with Crippen LogP contribution in [0.25, 0.3) is 0 Å². The van der Waals surface area contributed by atoms with E-state index in [1.165, 1.54) is 29.2 Å². The molecule has 29 heavy (non-hydrogen) atoms. The fraction of sp³-hybridized carbons (Fsp3) is 0.318. The van der Waals surface area contributed by atoms with Crippen LogP contribution in [0.3, 0.4) is 0 Å². The van der Waals surface area contributed by atoms with Crippen molar-refractivity contribution in [3.63, 3.8) is 0 Å². The highest BCUT2D eigenvalue weighted by Crippen LogP contribution is 2.48. The molecule has 3 fully saturated rings. The predicted molar refractivity (Wildman–Crippen MR) is 105 cm³/mol. The van der Waals surface area contributed by atoms with Crippen LogP contribution in [-0.4, -0.2) is 41.1 Å². The number of halogens is 2. The van der Waals surface area contributed by atoms with Gasteiger partial charge in [-0.05, 0) is 67.9 Å². The standard InChI is InChI=1S/C22H18ClFN2O3/c23-13-5-9-15(10-6-13)26-21(28)17-16-2-1-11-25(16)19(18(17)22(26)29)20(27)12-3-7-14(24)8-4-12/h3-10,16-19H,1-2,11H2/t16-,17+,18+,19+/m1/s1. The second-order valence-corrected chi connectivity index (χ2v) is 8.24. The summed E-state index contributed by atoms with van der Waals surface area (Å²) < 4.78 is 13.3. The fourth-order valence-electron chi connectivity index (χ4n) is 5.14. The highest BCUT2D eigenvalue weighted by molar-refractivity contribution is 6.31. The van der Waals surface area contributed by atoms with Crippen molar-refractivity contribution in [3.05, 3.63) is 64.9 Å². The molecule has 3 aliphatic heterocycles. The second-order valence-electron chi connectivity index (χ2n) is 7.80. The van der Waals surface area contributed by atoms with Gasteiger partial charge in [-0.1, -0.05) is 11.6 Å². The number of nitrogens with zero attached hydrogens (tertiary/aromatic N) is 2. The molecule has 2 aromatic carbocycles. The molecular formula is C22H18ClFN2O3. The molecule has 5 rings (SSSR count). The average molecular weight is 413 g/mol. The molecule has 2 aromatic rings. The molecule has 5 nitrogen and oxygen atoms in total. The maximum Gasteiger partial charge on any atom is 0.239 e. The van der Waals surface area contributed by atoms with Crippen molar-refractivity contribution in [2.45, 2.75) is 24.9 Å². The monoisotopic (exact) mass is 412 g/mol. The Morgan fingerprint density at radius 2 is 1.62 bits per heavy atom. The maximum atomic E-state index is 13.3. The van der Waals surface area contributed by atoms with Gasteiger partial charge in [0.2, 0.25) is 11.8 Å². The normalized spacial score (nSPS) is 28.7. The number of carbonyl (C=O) groups excluding carboxylic acids is 3. The molecule has 0 saturated carbocycles. The third kappa shape index (κ3) is 2.74. The van der Waals surface area contributed by atoms with E-state index < -0.39 is 23.7 Å². The number of rotatable bonds is 3. The van der Waals surface area contributed by atoms with Crippen LogP contribution in [0.15, 0.2) is 48.5 Å². The lowest BCUT2D eigenvalue weighted by atomic mass is 9.85. The first kappa shape index (κ1) is 18.5. The third-order valence-electron chi connectivity index (χ3n) is 6.33. The lowest BCUT2D eigenvalue weighted by Crippen LogP contribution is -2.46. The van der Waals surface area contributed by atoms with Crippen LogP contribution in [0, 0.1) is 17.7 Å². The molecule has 4 atom stereocenters. The molecule has 0 radical (unpaired) electrons. The molecule has 0 bridgehead atoms. The van der Waals surface area contributed by atoms with Crippen LogP contribution >= 0.6 is 11.6 Å². The molecule has 2 amide bonds. The maximum absolute atomic E-state index is 13.3. The Morgan fingerprint density at radius 3 is 2.31 bits per heavy atom. The Morgan fingerprint density at radius 1 is 0.966 bits per heavy atom. The Labute approximate surface area is 172 Å². The first-order valence-corrected chi connectivity index (χ1v) is 10.0. The zero-order chi connectivity index (χ0) is 20.3. The van der Waals surface area contributed by atoms with Gasteiger partial charge < -0.3 is 0 Å². The highest BCUT2D eigenvalue weighted by Gasteiger charge is 2.64. The van der Waals surface area contributed by atoms with Gasteiger partial charge in [0, 0.05) is 16.6 Å². The lowest BCUT2D eigenvalue weighted by molar-refractivity contribution is -0.123. The van der Waals surface area contributed by atoms with Crippen molar-refractivity contribution in [1.29, 1.82) is 0 Å². The molecule has 0 aromatic heterocycles. The Bertz CT molecular complexity index is 1010. The van der Waals surface area contributed by atoms with Crippen molar-refractivity contribution in [3.8, 4) is 0 Å². The van der Waals surface area contributed by atoms with Gasteiger partial charge in [0.1, 0.15) is 5.82 Å². The third-order valence-corrected chi connectivity index (χ3v) is 6.59. The van der Waals surface area contributed by atoms with E-state index in [2.05, 4.69) is 0 Å². The quantitative estimate of drug-likeness (QED) is 0.573. The summed E-state index contributed by atoms with van der Waals surface area (Å²) in [5.41, 5.74) is 0.823. The highest BCUT2D eigenvalue weighted by atomic mass is 35.5. The van der Waals surface area contributed by atoms with E-state index in [1.807, 2.05) is 4.90 Å². The summed E-state index contributed by atoms with van der Waals surface area (Å²) in [6.07, 6.45) is 1.66. The van der Waals surface area contributed by atoms with E-state index >= 15 is 0 Å². The Kier molecular flexibility index (Phi) is 4.29. The van der Waals surface area contributed by atoms with Crippen molar-refractivity contribution < 1.29 is 18.8 Å². The van der Waals surface area contributed by atoms with Crippen LogP contribution in [-0.2, 0) is 9.59 Å². The van der Waals surface area contributed by atoms with Crippen LogP contribution in [0.2, 0.25) is 5.02 Å². The van der Waals surface area contributed by atoms with Crippen LogP contribution in [0.5, 0.6) is 0 Å². The summed E-state index contributed by atoms with van der Waals surface area (Å²) in [4.78, 5) is 43.1. The number of benzene rings is 2. The van der Waals surface area contributed by atoms with Crippen molar-refractivity contribution in [2.24, 2.45) is 11.8 Å². The van der Waals surface area contributed by atoms with E-state index in [1.54, 1.807) is 24.3 Å². The van der Waals surface area contributed by atoms with E-state index in [0.717, 1.165) is 12.8 Å². The summed E-state index contributed by atoms with van der Waals surface area (Å²) in [5, 5.41) is 0.513. The van der Waals surface area contributed by atoms with Gasteiger partial charge in [-0.2, -0.15) is 0 Å². The number of anilines is 1. The summed E-state index contributed by atoms with van der Waals surface area (Å²) in [5.74, 6) is -2.52. The van der Waals surface area contributed by atoms with E-state index in [0.29, 0.717) is 22.8 Å². The minimum atomic E-state index is -0.721. The summed E-state index contributed by atoms with van der Waals surface area (Å²) >= 11 is 5.94. The van der Waals surface area contributed by atoms with Crippen LogP contribution in [0.1, 0.15) is 23.2 Å². The van der Waals surface area contributed by atoms with Gasteiger partial charge in [-0.25, -0.2) is 9.29 Å². The molecule has 0 unspecified atom stereocenters. The van der Waals surface area contributed by atoms with E-state index in [4.69, 9.17) is 11.6 Å². The second kappa shape index (κ2) is 6.75. The molecule has 148 valence electrons. The number of imide groups is 1. The van der Waals surface area contributed by atoms with Crippen molar-refractivity contribution in [2.75, 3.05) is 11.4 Å². The van der Waals surface area contributed by atoms with Crippen molar-refractivity contribution >= 4 is 34.9 Å². The van der Waals surface area contributed by atoms with Gasteiger partial charge in [-0.3, -0.25) is 19.3 Å². The van der Waals surface area contributed by atoms with Crippen LogP contribution in [0.4, 0.5) is 10.1 Å². The lowest BCUT2D eigenvalue weighted by Gasteiger charge is -2.27. The Hall–Kier alpha value is -2.57. The Balaban J connectivity index is 1.54. The number of amides is 2. The topological polar surface area (TPSA) is 57.7 Å². The first-order chi connectivity index (χ1) is 14.0. The molecule has 3 aliphatic rings. The molecule has 0 N–H and O–H groups in total. The molecule has 7 heteroatoms. The number of Topliss-reactive ketones (excluding diaryl/α,β-unsaturated/α-hetero) is 1. The number of hydrogen-bond acceptors (Lipinski definition) is 4. The zero-order valence-corrected chi connectivity index (χ0v) is 16.2. The minimum Gasteiger partial charge on any atom is -0.292 e. The first-order valence-electron chi connectivity index (χ1n) is 9.66. The van der Waals surface area contributed by atoms with E-state index in [-0.39, 0.29) is 23.6 Å². The van der Waals surface area contributed by atoms with Gasteiger partial charge in [0.15, 0.2) is 5.78 Å². The molecule has 3 heterocycles. The molecule has 3 saturated heterocycles. The van der Waals surface area contributed by atoms with Gasteiger partial charge in [0.25, 0.3) is 0 Å². The number of fused-ring (bicyclic) bond motifs is 3. The van der Waals surface area contributed by atoms with Crippen LogP contribution < -0.4 is 4.90 Å².